The van der Waals surface area contributed by atoms with E-state index in [9.17, 15) is 0 Å². The van der Waals surface area contributed by atoms with Gasteiger partial charge < -0.3 is 10.2 Å². The first-order valence-corrected chi connectivity index (χ1v) is 7.88. The van der Waals surface area contributed by atoms with E-state index >= 15 is 0 Å². The van der Waals surface area contributed by atoms with E-state index in [1.807, 2.05) is 12.4 Å². The molecule has 112 valence electrons. The van der Waals surface area contributed by atoms with E-state index in [1.165, 1.54) is 25.1 Å². The van der Waals surface area contributed by atoms with Gasteiger partial charge in [-0.05, 0) is 38.4 Å². The third-order valence-electron chi connectivity index (χ3n) is 4.13. The molecular formula is C16H28N4. The Morgan fingerprint density at radius 3 is 3.00 bits per heavy atom. The van der Waals surface area contributed by atoms with Gasteiger partial charge in [-0.2, -0.15) is 0 Å². The van der Waals surface area contributed by atoms with Crippen molar-refractivity contribution in [3.8, 4) is 0 Å². The molecule has 4 heteroatoms. The van der Waals surface area contributed by atoms with Crippen LogP contribution in [-0.4, -0.2) is 49.2 Å². The van der Waals surface area contributed by atoms with Crippen molar-refractivity contribution in [3.05, 3.63) is 18.5 Å². The zero-order valence-corrected chi connectivity index (χ0v) is 13.1. The highest BCUT2D eigenvalue weighted by molar-refractivity contribution is 5.55. The van der Waals surface area contributed by atoms with Gasteiger partial charge in [0.05, 0.1) is 23.8 Å². The molecule has 1 unspecified atom stereocenters. The number of aromatic nitrogens is 1. The molecule has 1 aliphatic heterocycles. The lowest BCUT2D eigenvalue weighted by Gasteiger charge is -2.29. The summed E-state index contributed by atoms with van der Waals surface area (Å²) in [4.78, 5) is 9.28. The summed E-state index contributed by atoms with van der Waals surface area (Å²) in [5.41, 5.74) is 2.32. The second-order valence-electron chi connectivity index (χ2n) is 5.66. The summed E-state index contributed by atoms with van der Waals surface area (Å²) in [5, 5.41) is 3.40. The van der Waals surface area contributed by atoms with E-state index in [4.69, 9.17) is 0 Å². The molecule has 1 saturated heterocycles. The van der Waals surface area contributed by atoms with Gasteiger partial charge in [0.25, 0.3) is 0 Å². The third kappa shape index (κ3) is 3.85. The zero-order valence-electron chi connectivity index (χ0n) is 13.1. The van der Waals surface area contributed by atoms with Crippen LogP contribution in [0, 0.1) is 0 Å². The second kappa shape index (κ2) is 7.48. The fourth-order valence-electron chi connectivity index (χ4n) is 2.94. The van der Waals surface area contributed by atoms with Crippen LogP contribution in [0.15, 0.2) is 18.5 Å². The van der Waals surface area contributed by atoms with Gasteiger partial charge in [0, 0.05) is 26.2 Å². The summed E-state index contributed by atoms with van der Waals surface area (Å²) in [6.45, 7) is 8.94. The largest absolute Gasteiger partial charge is 0.384 e. The maximum Gasteiger partial charge on any atom is 0.0571 e. The fraction of sp³-hybridized carbons (Fsp3) is 0.688. The van der Waals surface area contributed by atoms with Crippen molar-refractivity contribution in [1.29, 1.82) is 0 Å². The number of hydrogen-bond acceptors (Lipinski definition) is 4. The smallest absolute Gasteiger partial charge is 0.0571 e. The first-order chi connectivity index (χ1) is 9.74. The molecule has 4 nitrogen and oxygen atoms in total. The van der Waals surface area contributed by atoms with E-state index in [-0.39, 0.29) is 0 Å². The lowest BCUT2D eigenvalue weighted by Crippen LogP contribution is -2.38. The van der Waals surface area contributed by atoms with Gasteiger partial charge in [0.1, 0.15) is 0 Å². The maximum absolute atomic E-state index is 4.35. The summed E-state index contributed by atoms with van der Waals surface area (Å²) in [7, 11) is 2.17. The van der Waals surface area contributed by atoms with Gasteiger partial charge in [-0.15, -0.1) is 0 Å². The zero-order chi connectivity index (χ0) is 14.4. The molecule has 2 rings (SSSR count). The molecule has 1 atom stereocenters. The minimum Gasteiger partial charge on any atom is -0.384 e. The highest BCUT2D eigenvalue weighted by Crippen LogP contribution is 2.21. The van der Waals surface area contributed by atoms with Crippen LogP contribution in [0.1, 0.15) is 33.1 Å². The molecule has 1 aliphatic rings. The molecule has 0 spiro atoms. The van der Waals surface area contributed by atoms with E-state index in [0.717, 1.165) is 31.7 Å². The van der Waals surface area contributed by atoms with Crippen molar-refractivity contribution < 1.29 is 0 Å². The molecule has 0 radical (unpaired) electrons. The summed E-state index contributed by atoms with van der Waals surface area (Å²) < 4.78 is 0. The summed E-state index contributed by atoms with van der Waals surface area (Å²) in [6.07, 6.45) is 7.65. The number of nitrogens with zero attached hydrogens (tertiary/aromatic N) is 3. The predicted octanol–water partition coefficient (Wildman–Crippen LogP) is 2.82. The predicted molar refractivity (Wildman–Crippen MR) is 86.6 cm³/mol. The normalized spacial score (nSPS) is 19.2. The molecule has 1 aromatic rings. The van der Waals surface area contributed by atoms with Crippen molar-refractivity contribution in [2.45, 2.75) is 39.2 Å². The van der Waals surface area contributed by atoms with Crippen LogP contribution in [0.4, 0.5) is 11.4 Å². The monoisotopic (exact) mass is 276 g/mol. The molecule has 0 saturated carbocycles. The van der Waals surface area contributed by atoms with Crippen LogP contribution >= 0.6 is 0 Å². The Balaban J connectivity index is 1.96. The molecule has 20 heavy (non-hydrogen) atoms. The molecular weight excluding hydrogens is 248 g/mol. The molecule has 2 heterocycles. The van der Waals surface area contributed by atoms with Crippen molar-refractivity contribution in [3.63, 3.8) is 0 Å². The van der Waals surface area contributed by atoms with Gasteiger partial charge in [-0.25, -0.2) is 0 Å². The van der Waals surface area contributed by atoms with Crippen LogP contribution in [0.25, 0.3) is 0 Å². The molecule has 0 aromatic carbocycles. The van der Waals surface area contributed by atoms with Crippen LogP contribution in [0.2, 0.25) is 0 Å². The number of likely N-dealkylation sites (tertiary alicyclic amines) is 1. The standard InChI is InChI=1S/C16H28N4/c1-4-8-18-14-10-16(12-17-11-14)19(3)13-15-7-6-9-20(15)5-2/h10-12,15,18H,4-9,13H2,1-3H3. The number of nitrogens with one attached hydrogen (secondary N) is 1. The van der Waals surface area contributed by atoms with Crippen molar-refractivity contribution >= 4 is 11.4 Å². The van der Waals surface area contributed by atoms with E-state index in [2.05, 4.69) is 47.1 Å². The van der Waals surface area contributed by atoms with Gasteiger partial charge in [0.15, 0.2) is 0 Å². The third-order valence-corrected chi connectivity index (χ3v) is 4.13. The first-order valence-electron chi connectivity index (χ1n) is 7.88. The minimum atomic E-state index is 0.692. The summed E-state index contributed by atoms with van der Waals surface area (Å²) >= 11 is 0. The summed E-state index contributed by atoms with van der Waals surface area (Å²) in [6, 6.07) is 2.89. The highest BCUT2D eigenvalue weighted by Gasteiger charge is 2.24. The number of likely N-dealkylation sites (N-methyl/N-ethyl adjacent to an activating group) is 2. The van der Waals surface area contributed by atoms with Crippen LogP contribution in [0.5, 0.6) is 0 Å². The fourth-order valence-corrected chi connectivity index (χ4v) is 2.94. The van der Waals surface area contributed by atoms with Crippen LogP contribution < -0.4 is 10.2 Å². The maximum atomic E-state index is 4.35. The Bertz CT molecular complexity index is 407. The number of anilines is 2. The average Bonchev–Trinajstić information content (AvgIpc) is 2.92. The van der Waals surface area contributed by atoms with Gasteiger partial charge in [-0.3, -0.25) is 9.88 Å². The SMILES string of the molecule is CCCNc1cncc(N(C)CC2CCCN2CC)c1. The Kier molecular flexibility index (Phi) is 5.65. The summed E-state index contributed by atoms with van der Waals surface area (Å²) in [5.74, 6) is 0. The Morgan fingerprint density at radius 2 is 2.25 bits per heavy atom. The molecule has 0 amide bonds. The van der Waals surface area contributed by atoms with E-state index in [1.54, 1.807) is 0 Å². The Labute approximate surface area is 123 Å². The van der Waals surface area contributed by atoms with E-state index in [0.29, 0.717) is 6.04 Å². The van der Waals surface area contributed by atoms with E-state index < -0.39 is 0 Å². The van der Waals surface area contributed by atoms with Crippen LogP contribution in [0.3, 0.4) is 0 Å². The molecule has 0 aliphatic carbocycles. The second-order valence-corrected chi connectivity index (χ2v) is 5.66. The van der Waals surface area contributed by atoms with Crippen molar-refractivity contribution in [1.82, 2.24) is 9.88 Å². The topological polar surface area (TPSA) is 31.4 Å². The quantitative estimate of drug-likeness (QED) is 0.830. The highest BCUT2D eigenvalue weighted by atomic mass is 15.2. The number of pyridine rings is 1. The molecule has 1 aromatic heterocycles. The van der Waals surface area contributed by atoms with Crippen LogP contribution in [-0.2, 0) is 0 Å². The Morgan fingerprint density at radius 1 is 1.40 bits per heavy atom. The van der Waals surface area contributed by atoms with Crippen molar-refractivity contribution in [2.75, 3.05) is 43.4 Å². The van der Waals surface area contributed by atoms with Crippen molar-refractivity contribution in [2.24, 2.45) is 0 Å². The minimum absolute atomic E-state index is 0.692. The number of rotatable bonds is 7. The van der Waals surface area contributed by atoms with Gasteiger partial charge in [-0.1, -0.05) is 13.8 Å². The Hall–Kier alpha value is -1.29. The van der Waals surface area contributed by atoms with Gasteiger partial charge in [0.2, 0.25) is 0 Å². The first kappa shape index (κ1) is 15.1. The molecule has 1 N–H and O–H groups in total. The lowest BCUT2D eigenvalue weighted by atomic mass is 10.2. The average molecular weight is 276 g/mol. The lowest BCUT2D eigenvalue weighted by molar-refractivity contribution is 0.270. The van der Waals surface area contributed by atoms with Gasteiger partial charge >= 0.3 is 0 Å². The number of hydrogen-bond donors (Lipinski definition) is 1. The molecule has 1 fully saturated rings. The molecule has 0 bridgehead atoms.